The summed E-state index contributed by atoms with van der Waals surface area (Å²) < 4.78 is 13.6. The van der Waals surface area contributed by atoms with Gasteiger partial charge >= 0.3 is 0 Å². The van der Waals surface area contributed by atoms with Gasteiger partial charge in [0.25, 0.3) is 0 Å². The lowest BCUT2D eigenvalue weighted by Crippen LogP contribution is -2.20. The van der Waals surface area contributed by atoms with Gasteiger partial charge in [0.15, 0.2) is 0 Å². The van der Waals surface area contributed by atoms with Crippen LogP contribution in [-0.2, 0) is 0 Å². The van der Waals surface area contributed by atoms with Gasteiger partial charge in [-0.1, -0.05) is 27.7 Å². The Hall–Kier alpha value is -0.540. The minimum Gasteiger partial charge on any atom is -0.310 e. The number of nitrogens with one attached hydrogen (secondary N) is 1. The van der Waals surface area contributed by atoms with Crippen molar-refractivity contribution < 1.29 is 4.39 Å². The van der Waals surface area contributed by atoms with Gasteiger partial charge in [-0.2, -0.15) is 0 Å². The lowest BCUT2D eigenvalue weighted by atomic mass is 10.1. The van der Waals surface area contributed by atoms with E-state index in [9.17, 15) is 4.39 Å². The molecule has 1 atom stereocenters. The van der Waals surface area contributed by atoms with Crippen LogP contribution in [0.3, 0.4) is 0 Å². The van der Waals surface area contributed by atoms with E-state index in [1.165, 1.54) is 4.90 Å². The molecule has 1 rings (SSSR count). The molecule has 0 saturated heterocycles. The zero-order valence-corrected chi connectivity index (χ0v) is 12.8. The molecule has 0 heterocycles. The number of hydrogen-bond acceptors (Lipinski definition) is 2. The molecule has 0 radical (unpaired) electrons. The van der Waals surface area contributed by atoms with Gasteiger partial charge in [-0.15, -0.1) is 11.8 Å². The fourth-order valence-corrected chi connectivity index (χ4v) is 2.90. The Labute approximate surface area is 115 Å². The fraction of sp³-hybridized carbons (Fsp3) is 0.600. The summed E-state index contributed by atoms with van der Waals surface area (Å²) in [6.07, 6.45) is 1.08. The van der Waals surface area contributed by atoms with Gasteiger partial charge in [-0.25, -0.2) is 4.39 Å². The van der Waals surface area contributed by atoms with E-state index in [2.05, 4.69) is 39.9 Å². The fourth-order valence-electron chi connectivity index (χ4n) is 1.75. The molecule has 0 aliphatic carbocycles. The van der Waals surface area contributed by atoms with E-state index < -0.39 is 0 Å². The molecule has 0 fully saturated rings. The van der Waals surface area contributed by atoms with E-state index in [1.807, 2.05) is 6.07 Å². The van der Waals surface area contributed by atoms with Crippen molar-refractivity contribution in [3.8, 4) is 0 Å². The first-order valence-corrected chi connectivity index (χ1v) is 7.37. The maximum atomic E-state index is 13.4. The normalized spacial score (nSPS) is 13.7. The van der Waals surface area contributed by atoms with Gasteiger partial charge in [0.1, 0.15) is 5.82 Å². The van der Waals surface area contributed by atoms with Crippen molar-refractivity contribution in [3.05, 3.63) is 29.6 Å². The predicted octanol–water partition coefficient (Wildman–Crippen LogP) is 4.78. The van der Waals surface area contributed by atoms with Crippen LogP contribution in [0.15, 0.2) is 23.1 Å². The van der Waals surface area contributed by atoms with E-state index in [-0.39, 0.29) is 16.6 Å². The number of rotatable bonds is 5. The molecule has 1 unspecified atom stereocenters. The average molecular weight is 269 g/mol. The highest BCUT2D eigenvalue weighted by molar-refractivity contribution is 8.00. The van der Waals surface area contributed by atoms with Crippen molar-refractivity contribution in [3.63, 3.8) is 0 Å². The summed E-state index contributed by atoms with van der Waals surface area (Å²) in [7, 11) is 0. The van der Waals surface area contributed by atoms with Crippen LogP contribution in [0.4, 0.5) is 4.39 Å². The molecular formula is C15H24FNS. The van der Waals surface area contributed by atoms with Gasteiger partial charge < -0.3 is 5.32 Å². The first-order valence-electron chi connectivity index (χ1n) is 6.55. The minimum atomic E-state index is -0.159. The SMILES string of the molecule is CCCNC(C)c1cc(F)ccc1SC(C)(C)C. The molecule has 1 N–H and O–H groups in total. The predicted molar refractivity (Wildman–Crippen MR) is 78.7 cm³/mol. The highest BCUT2D eigenvalue weighted by Gasteiger charge is 2.18. The van der Waals surface area contributed by atoms with Crippen molar-refractivity contribution in [2.75, 3.05) is 6.54 Å². The van der Waals surface area contributed by atoms with Crippen LogP contribution in [0.1, 0.15) is 52.6 Å². The summed E-state index contributed by atoms with van der Waals surface area (Å²) in [5.41, 5.74) is 1.06. The highest BCUT2D eigenvalue weighted by Crippen LogP contribution is 2.36. The second-order valence-corrected chi connectivity index (χ2v) is 7.44. The topological polar surface area (TPSA) is 12.0 Å². The molecule has 1 nitrogen and oxygen atoms in total. The Balaban J connectivity index is 2.96. The largest absolute Gasteiger partial charge is 0.310 e. The second-order valence-electron chi connectivity index (χ2n) is 5.57. The zero-order valence-electron chi connectivity index (χ0n) is 12.0. The maximum Gasteiger partial charge on any atom is 0.123 e. The molecule has 0 bridgehead atoms. The molecule has 0 aliphatic heterocycles. The van der Waals surface area contributed by atoms with Crippen molar-refractivity contribution in [2.45, 2.75) is 56.7 Å². The maximum absolute atomic E-state index is 13.4. The monoisotopic (exact) mass is 269 g/mol. The minimum absolute atomic E-state index is 0.136. The smallest absolute Gasteiger partial charge is 0.123 e. The van der Waals surface area contributed by atoms with Gasteiger partial charge in [0, 0.05) is 15.7 Å². The van der Waals surface area contributed by atoms with Crippen LogP contribution >= 0.6 is 11.8 Å². The zero-order chi connectivity index (χ0) is 13.8. The number of benzene rings is 1. The number of thioether (sulfide) groups is 1. The second kappa shape index (κ2) is 6.58. The molecule has 0 amide bonds. The molecule has 1 aromatic rings. The average Bonchev–Trinajstić information content (AvgIpc) is 2.26. The van der Waals surface area contributed by atoms with Crippen LogP contribution in [0.5, 0.6) is 0 Å². The van der Waals surface area contributed by atoms with Crippen LogP contribution < -0.4 is 5.32 Å². The molecular weight excluding hydrogens is 245 g/mol. The Morgan fingerprint density at radius 2 is 2.00 bits per heavy atom. The molecule has 0 saturated carbocycles. The third-order valence-electron chi connectivity index (χ3n) is 2.56. The van der Waals surface area contributed by atoms with Gasteiger partial charge in [-0.05, 0) is 43.7 Å². The van der Waals surface area contributed by atoms with Gasteiger partial charge in [0.2, 0.25) is 0 Å². The molecule has 1 aromatic carbocycles. The quantitative estimate of drug-likeness (QED) is 0.772. The summed E-state index contributed by atoms with van der Waals surface area (Å²) in [6, 6.07) is 5.28. The molecule has 102 valence electrons. The number of halogens is 1. The van der Waals surface area contributed by atoms with E-state index in [1.54, 1.807) is 23.9 Å². The van der Waals surface area contributed by atoms with Crippen molar-refractivity contribution in [1.29, 1.82) is 0 Å². The Kier molecular flexibility index (Phi) is 5.67. The van der Waals surface area contributed by atoms with E-state index >= 15 is 0 Å². The van der Waals surface area contributed by atoms with Crippen molar-refractivity contribution in [2.24, 2.45) is 0 Å². The van der Waals surface area contributed by atoms with Crippen LogP contribution in [0, 0.1) is 5.82 Å². The number of hydrogen-bond donors (Lipinski definition) is 1. The lowest BCUT2D eigenvalue weighted by molar-refractivity contribution is 0.554. The standard InChI is InChI=1S/C15H24FNS/c1-6-9-17-11(2)13-10-12(16)7-8-14(13)18-15(3,4)5/h7-8,10-11,17H,6,9H2,1-5H3. The van der Waals surface area contributed by atoms with Gasteiger partial charge in [0.05, 0.1) is 0 Å². The lowest BCUT2D eigenvalue weighted by Gasteiger charge is -2.23. The van der Waals surface area contributed by atoms with Crippen molar-refractivity contribution >= 4 is 11.8 Å². The molecule has 0 aliphatic rings. The Bertz CT molecular complexity index is 385. The molecule has 0 aromatic heterocycles. The third kappa shape index (κ3) is 4.99. The van der Waals surface area contributed by atoms with E-state index in [0.717, 1.165) is 18.5 Å². The summed E-state index contributed by atoms with van der Waals surface area (Å²) >= 11 is 1.79. The third-order valence-corrected chi connectivity index (χ3v) is 3.76. The molecule has 3 heteroatoms. The molecule has 18 heavy (non-hydrogen) atoms. The first kappa shape index (κ1) is 15.5. The Morgan fingerprint density at radius 3 is 2.56 bits per heavy atom. The summed E-state index contributed by atoms with van der Waals surface area (Å²) in [4.78, 5) is 1.17. The first-order chi connectivity index (χ1) is 8.33. The van der Waals surface area contributed by atoms with Crippen LogP contribution in [0.25, 0.3) is 0 Å². The van der Waals surface area contributed by atoms with E-state index in [4.69, 9.17) is 0 Å². The van der Waals surface area contributed by atoms with Crippen molar-refractivity contribution in [1.82, 2.24) is 5.32 Å². The Morgan fingerprint density at radius 1 is 1.33 bits per heavy atom. The summed E-state index contributed by atoms with van der Waals surface area (Å²) in [5, 5.41) is 3.42. The van der Waals surface area contributed by atoms with Crippen LogP contribution in [0.2, 0.25) is 0 Å². The van der Waals surface area contributed by atoms with E-state index in [0.29, 0.717) is 0 Å². The van der Waals surface area contributed by atoms with Crippen LogP contribution in [-0.4, -0.2) is 11.3 Å². The summed E-state index contributed by atoms with van der Waals surface area (Å²) in [5.74, 6) is -0.159. The van der Waals surface area contributed by atoms with Gasteiger partial charge in [-0.3, -0.25) is 0 Å². The summed E-state index contributed by atoms with van der Waals surface area (Å²) in [6.45, 7) is 11.7. The molecule has 0 spiro atoms. The highest BCUT2D eigenvalue weighted by atomic mass is 32.2.